The van der Waals surface area contributed by atoms with E-state index in [0.717, 1.165) is 42.6 Å². The van der Waals surface area contributed by atoms with Gasteiger partial charge in [0.2, 0.25) is 0 Å². The molecule has 4 N–H and O–H groups in total. The van der Waals surface area contributed by atoms with Crippen molar-refractivity contribution in [2.75, 3.05) is 36.4 Å². The number of nitrogens with one attached hydrogen (secondary N) is 2. The predicted octanol–water partition coefficient (Wildman–Crippen LogP) is 2.93. The van der Waals surface area contributed by atoms with Gasteiger partial charge in [-0.2, -0.15) is 0 Å². The van der Waals surface area contributed by atoms with Crippen molar-refractivity contribution in [1.29, 1.82) is 0 Å². The number of piperazine rings is 1. The molecule has 1 aliphatic heterocycles. The van der Waals surface area contributed by atoms with E-state index in [1.165, 1.54) is 0 Å². The van der Waals surface area contributed by atoms with Crippen LogP contribution in [0.1, 0.15) is 19.4 Å². The number of carbonyl (C=O) groups excluding carboxylic acids is 1. The average Bonchev–Trinajstić information content (AvgIpc) is 3.21. The summed E-state index contributed by atoms with van der Waals surface area (Å²) in [5.74, 6) is 0.567. The predicted molar refractivity (Wildman–Crippen MR) is 130 cm³/mol. The minimum absolute atomic E-state index is 0. The van der Waals surface area contributed by atoms with Crippen LogP contribution in [0.3, 0.4) is 0 Å². The number of thiazole rings is 1. The van der Waals surface area contributed by atoms with Crippen molar-refractivity contribution in [3.05, 3.63) is 41.4 Å². The fraction of sp³-hybridized carbons (Fsp3) is 0.421. The molecule has 0 atom stereocenters. The molecule has 1 aromatic heterocycles. The van der Waals surface area contributed by atoms with E-state index in [0.29, 0.717) is 12.5 Å². The third-order valence-electron chi connectivity index (χ3n) is 4.35. The van der Waals surface area contributed by atoms with Crippen LogP contribution < -0.4 is 21.3 Å². The highest BCUT2D eigenvalue weighted by Crippen LogP contribution is 2.18. The van der Waals surface area contributed by atoms with Crippen molar-refractivity contribution in [3.63, 3.8) is 0 Å². The van der Waals surface area contributed by atoms with Crippen LogP contribution >= 0.6 is 35.3 Å². The zero-order valence-electron chi connectivity index (χ0n) is 16.7. The van der Waals surface area contributed by atoms with Gasteiger partial charge in [-0.05, 0) is 31.5 Å². The molecule has 0 saturated carbocycles. The number of rotatable bonds is 5. The monoisotopic (exact) mass is 529 g/mol. The number of anilines is 2. The fourth-order valence-corrected chi connectivity index (χ4v) is 3.59. The molecule has 158 valence electrons. The summed E-state index contributed by atoms with van der Waals surface area (Å²) in [5, 5.41) is 8.65. The molecule has 0 radical (unpaired) electrons. The Labute approximate surface area is 192 Å². The summed E-state index contributed by atoms with van der Waals surface area (Å²) in [5.41, 5.74) is 7.97. The fourth-order valence-electron chi connectivity index (χ4n) is 2.89. The van der Waals surface area contributed by atoms with Crippen LogP contribution in [0.5, 0.6) is 0 Å². The Bertz CT molecular complexity index is 787. The number of halogens is 1. The van der Waals surface area contributed by atoms with Gasteiger partial charge in [0.05, 0.1) is 6.54 Å². The van der Waals surface area contributed by atoms with Gasteiger partial charge < -0.3 is 26.2 Å². The first-order chi connectivity index (χ1) is 13.5. The Kier molecular flexibility index (Phi) is 8.96. The summed E-state index contributed by atoms with van der Waals surface area (Å²) < 4.78 is 0. The standard InChI is InChI=1S/C19H27N7OS.HI/c1-14(2)23-18(27)24-16-5-3-15(4-6-16)13-22-17(20)25-8-10-26(11-9-25)19-21-7-12-28-19;/h3-7,12,14H,8-11,13H2,1-2H3,(H2,20,22)(H2,23,24,27);1H. The number of aromatic nitrogens is 1. The molecule has 8 nitrogen and oxygen atoms in total. The molecule has 2 heterocycles. The summed E-state index contributed by atoms with van der Waals surface area (Å²) in [7, 11) is 0. The summed E-state index contributed by atoms with van der Waals surface area (Å²) in [6, 6.07) is 7.52. The molecular weight excluding hydrogens is 501 g/mol. The molecule has 10 heteroatoms. The Hall–Kier alpha value is -2.08. The Balaban J connectivity index is 0.00000300. The molecule has 2 amide bonds. The van der Waals surface area contributed by atoms with E-state index in [1.54, 1.807) is 11.3 Å². The number of hydrogen-bond acceptors (Lipinski definition) is 5. The van der Waals surface area contributed by atoms with Gasteiger partial charge in [-0.25, -0.2) is 14.8 Å². The van der Waals surface area contributed by atoms with E-state index in [1.807, 2.05) is 49.7 Å². The topological polar surface area (TPSA) is 98.9 Å². The molecule has 0 aliphatic carbocycles. The van der Waals surface area contributed by atoms with E-state index in [9.17, 15) is 4.79 Å². The van der Waals surface area contributed by atoms with Crippen molar-refractivity contribution < 1.29 is 4.79 Å². The Morgan fingerprint density at radius 3 is 2.52 bits per heavy atom. The first-order valence-electron chi connectivity index (χ1n) is 9.37. The van der Waals surface area contributed by atoms with Gasteiger partial charge in [-0.15, -0.1) is 35.3 Å². The highest BCUT2D eigenvalue weighted by atomic mass is 127. The van der Waals surface area contributed by atoms with Crippen molar-refractivity contribution in [2.24, 2.45) is 10.7 Å². The van der Waals surface area contributed by atoms with E-state index in [4.69, 9.17) is 5.73 Å². The molecule has 0 spiro atoms. The lowest BCUT2D eigenvalue weighted by Crippen LogP contribution is -2.51. The molecule has 1 fully saturated rings. The lowest BCUT2D eigenvalue weighted by molar-refractivity contribution is 0.250. The number of benzene rings is 1. The van der Waals surface area contributed by atoms with Gasteiger partial charge >= 0.3 is 6.03 Å². The van der Waals surface area contributed by atoms with Gasteiger partial charge in [0.25, 0.3) is 0 Å². The van der Waals surface area contributed by atoms with Gasteiger partial charge in [-0.3, -0.25) is 0 Å². The molecule has 1 saturated heterocycles. The van der Waals surface area contributed by atoms with Crippen molar-refractivity contribution in [1.82, 2.24) is 15.2 Å². The van der Waals surface area contributed by atoms with Gasteiger partial charge in [-0.1, -0.05) is 12.1 Å². The average molecular weight is 529 g/mol. The molecule has 0 unspecified atom stereocenters. The van der Waals surface area contributed by atoms with Crippen LogP contribution in [-0.2, 0) is 6.54 Å². The zero-order chi connectivity index (χ0) is 19.9. The van der Waals surface area contributed by atoms with E-state index < -0.39 is 0 Å². The summed E-state index contributed by atoms with van der Waals surface area (Å²) >= 11 is 1.66. The lowest BCUT2D eigenvalue weighted by atomic mass is 10.2. The van der Waals surface area contributed by atoms with Gasteiger partial charge in [0.1, 0.15) is 0 Å². The molecule has 29 heavy (non-hydrogen) atoms. The number of amides is 2. The van der Waals surface area contributed by atoms with Crippen LogP contribution in [0, 0.1) is 0 Å². The summed E-state index contributed by atoms with van der Waals surface area (Å²) in [4.78, 5) is 25.0. The number of guanidine groups is 1. The second-order valence-corrected chi connectivity index (χ2v) is 7.79. The smallest absolute Gasteiger partial charge is 0.319 e. The highest BCUT2D eigenvalue weighted by Gasteiger charge is 2.19. The number of carbonyl (C=O) groups is 1. The first kappa shape index (κ1) is 23.2. The maximum absolute atomic E-state index is 11.7. The first-order valence-corrected chi connectivity index (χ1v) is 10.2. The highest BCUT2D eigenvalue weighted by molar-refractivity contribution is 14.0. The maximum Gasteiger partial charge on any atom is 0.319 e. The van der Waals surface area contributed by atoms with Gasteiger partial charge in [0, 0.05) is 49.5 Å². The van der Waals surface area contributed by atoms with Crippen molar-refractivity contribution in [2.45, 2.75) is 26.4 Å². The molecule has 1 aliphatic rings. The zero-order valence-corrected chi connectivity index (χ0v) is 19.8. The number of nitrogens with zero attached hydrogens (tertiary/aromatic N) is 4. The second kappa shape index (κ2) is 11.2. The van der Waals surface area contributed by atoms with Crippen LogP contribution in [0.25, 0.3) is 0 Å². The minimum Gasteiger partial charge on any atom is -0.370 e. The van der Waals surface area contributed by atoms with Crippen LogP contribution in [0.15, 0.2) is 40.8 Å². The van der Waals surface area contributed by atoms with Crippen LogP contribution in [0.2, 0.25) is 0 Å². The molecule has 0 bridgehead atoms. The third kappa shape index (κ3) is 7.03. The quantitative estimate of drug-likeness (QED) is 0.315. The molecule has 3 rings (SSSR count). The molecule has 2 aromatic rings. The van der Waals surface area contributed by atoms with Crippen molar-refractivity contribution >= 4 is 58.1 Å². The minimum atomic E-state index is -0.207. The molecule has 1 aromatic carbocycles. The number of aliphatic imine (C=N–C) groups is 1. The normalized spacial score (nSPS) is 14.5. The third-order valence-corrected chi connectivity index (χ3v) is 5.18. The van der Waals surface area contributed by atoms with Crippen molar-refractivity contribution in [3.8, 4) is 0 Å². The molecular formula is C19H28IN7OS. The number of urea groups is 1. The largest absolute Gasteiger partial charge is 0.370 e. The lowest BCUT2D eigenvalue weighted by Gasteiger charge is -2.35. The SMILES string of the molecule is CC(C)NC(=O)Nc1ccc(CN=C(N)N2CCN(c3nccs3)CC2)cc1.I. The van der Waals surface area contributed by atoms with E-state index in [-0.39, 0.29) is 36.0 Å². The van der Waals surface area contributed by atoms with Gasteiger partial charge in [0.15, 0.2) is 11.1 Å². The van der Waals surface area contributed by atoms with E-state index in [2.05, 4.69) is 30.4 Å². The summed E-state index contributed by atoms with van der Waals surface area (Å²) in [6.07, 6.45) is 1.83. The van der Waals surface area contributed by atoms with Crippen LogP contribution in [0.4, 0.5) is 15.6 Å². The summed E-state index contributed by atoms with van der Waals surface area (Å²) in [6.45, 7) is 7.81. The number of hydrogen-bond donors (Lipinski definition) is 3. The second-order valence-electron chi connectivity index (χ2n) is 6.91. The number of nitrogens with two attached hydrogens (primary N) is 1. The Morgan fingerprint density at radius 1 is 1.24 bits per heavy atom. The van der Waals surface area contributed by atoms with Crippen LogP contribution in [-0.4, -0.2) is 54.1 Å². The van der Waals surface area contributed by atoms with E-state index >= 15 is 0 Å². The Morgan fingerprint density at radius 2 is 1.93 bits per heavy atom. The maximum atomic E-state index is 11.7.